The molecule has 0 saturated carbocycles. The molecule has 0 bridgehead atoms. The Bertz CT molecular complexity index is 662. The molecule has 0 atom stereocenters. The number of amides is 1. The zero-order valence-electron chi connectivity index (χ0n) is 10.4. The van der Waals surface area contributed by atoms with Crippen LogP contribution in [-0.4, -0.2) is 16.0 Å². The van der Waals surface area contributed by atoms with Gasteiger partial charge in [-0.2, -0.15) is 0 Å². The molecule has 0 fully saturated rings. The average Bonchev–Trinajstić information content (AvgIpc) is 2.36. The number of nitrogens with one attached hydrogen (secondary N) is 2. The summed E-state index contributed by atoms with van der Waals surface area (Å²) in [6.07, 6.45) is 1.40. The summed E-state index contributed by atoms with van der Waals surface area (Å²) in [6, 6.07) is 7.95. The molecule has 0 spiro atoms. The number of hydrogen-bond donors (Lipinski definition) is 3. The highest BCUT2D eigenvalue weighted by Crippen LogP contribution is 2.10. The van der Waals surface area contributed by atoms with Gasteiger partial charge in [-0.15, -0.1) is 0 Å². The first-order valence-electron chi connectivity index (χ1n) is 5.82. The molecule has 0 aliphatic heterocycles. The second kappa shape index (κ2) is 5.39. The van der Waals surface area contributed by atoms with Gasteiger partial charge in [-0.3, -0.25) is 9.59 Å². The Morgan fingerprint density at radius 2 is 2.16 bits per heavy atom. The van der Waals surface area contributed by atoms with Gasteiger partial charge >= 0.3 is 0 Å². The standard InChI is InChI=1S/C14H14N2O3/c1-9-5-13(18)12(8-15-9)14(19)16-7-10-3-2-4-11(17)6-10/h2-6,8,17H,7H2,1H3,(H,15,18)(H,16,19). The molecule has 5 nitrogen and oxygen atoms in total. The Kier molecular flexibility index (Phi) is 3.66. The molecule has 1 amide bonds. The highest BCUT2D eigenvalue weighted by Gasteiger charge is 2.09. The number of aromatic amines is 1. The summed E-state index contributed by atoms with van der Waals surface area (Å²) >= 11 is 0. The van der Waals surface area contributed by atoms with Crippen LogP contribution in [0.4, 0.5) is 0 Å². The van der Waals surface area contributed by atoms with Crippen LogP contribution < -0.4 is 10.7 Å². The number of aromatic nitrogens is 1. The lowest BCUT2D eigenvalue weighted by Crippen LogP contribution is -2.28. The summed E-state index contributed by atoms with van der Waals surface area (Å²) in [4.78, 5) is 26.3. The number of carbonyl (C=O) groups is 1. The van der Waals surface area contributed by atoms with Gasteiger partial charge in [0.05, 0.1) is 0 Å². The highest BCUT2D eigenvalue weighted by molar-refractivity contribution is 5.93. The van der Waals surface area contributed by atoms with Crippen LogP contribution in [0.1, 0.15) is 21.6 Å². The molecule has 0 radical (unpaired) electrons. The Morgan fingerprint density at radius 1 is 1.37 bits per heavy atom. The lowest BCUT2D eigenvalue weighted by Gasteiger charge is -2.05. The Balaban J connectivity index is 2.07. The molecule has 2 aromatic rings. The number of phenols is 1. The van der Waals surface area contributed by atoms with Crippen LogP contribution >= 0.6 is 0 Å². The van der Waals surface area contributed by atoms with E-state index in [0.29, 0.717) is 5.69 Å². The van der Waals surface area contributed by atoms with Crippen molar-refractivity contribution in [2.75, 3.05) is 0 Å². The minimum Gasteiger partial charge on any atom is -0.508 e. The lowest BCUT2D eigenvalue weighted by molar-refractivity contribution is 0.0949. The van der Waals surface area contributed by atoms with Crippen molar-refractivity contribution in [2.24, 2.45) is 0 Å². The summed E-state index contributed by atoms with van der Waals surface area (Å²) in [5.41, 5.74) is 1.22. The van der Waals surface area contributed by atoms with E-state index < -0.39 is 5.91 Å². The third-order valence-corrected chi connectivity index (χ3v) is 2.67. The van der Waals surface area contributed by atoms with Crippen LogP contribution in [0.15, 0.2) is 41.3 Å². The molecule has 0 saturated heterocycles. The predicted octanol–water partition coefficient (Wildman–Crippen LogP) is 1.32. The first-order valence-corrected chi connectivity index (χ1v) is 5.82. The fourth-order valence-electron chi connectivity index (χ4n) is 1.69. The van der Waals surface area contributed by atoms with Crippen LogP contribution in [0.25, 0.3) is 0 Å². The van der Waals surface area contributed by atoms with E-state index in [4.69, 9.17) is 0 Å². The van der Waals surface area contributed by atoms with Gasteiger partial charge in [0, 0.05) is 24.5 Å². The summed E-state index contributed by atoms with van der Waals surface area (Å²) in [5, 5.41) is 11.9. The average molecular weight is 258 g/mol. The monoisotopic (exact) mass is 258 g/mol. The van der Waals surface area contributed by atoms with E-state index in [0.717, 1.165) is 5.56 Å². The maximum absolute atomic E-state index is 11.8. The van der Waals surface area contributed by atoms with Crippen molar-refractivity contribution in [1.82, 2.24) is 10.3 Å². The fourth-order valence-corrected chi connectivity index (χ4v) is 1.69. The van der Waals surface area contributed by atoms with Gasteiger partial charge in [0.1, 0.15) is 11.3 Å². The van der Waals surface area contributed by atoms with Gasteiger partial charge in [0.25, 0.3) is 5.91 Å². The van der Waals surface area contributed by atoms with Crippen LogP contribution in [0.2, 0.25) is 0 Å². The molecule has 1 aromatic heterocycles. The number of pyridine rings is 1. The van der Waals surface area contributed by atoms with E-state index in [1.54, 1.807) is 31.2 Å². The first-order chi connectivity index (χ1) is 9.06. The number of benzene rings is 1. The minimum atomic E-state index is -0.440. The van der Waals surface area contributed by atoms with Crippen molar-refractivity contribution in [1.29, 1.82) is 0 Å². The van der Waals surface area contributed by atoms with Crippen molar-refractivity contribution in [3.8, 4) is 5.75 Å². The van der Waals surface area contributed by atoms with Crippen LogP contribution in [0, 0.1) is 6.92 Å². The van der Waals surface area contributed by atoms with Crippen molar-refractivity contribution in [3.63, 3.8) is 0 Å². The van der Waals surface area contributed by atoms with Crippen LogP contribution in [-0.2, 0) is 6.54 Å². The van der Waals surface area contributed by atoms with E-state index in [1.807, 2.05) is 0 Å². The molecule has 0 aliphatic rings. The van der Waals surface area contributed by atoms with Crippen molar-refractivity contribution >= 4 is 5.91 Å². The number of carbonyl (C=O) groups excluding carboxylic acids is 1. The number of rotatable bonds is 3. The topological polar surface area (TPSA) is 82.2 Å². The van der Waals surface area contributed by atoms with Gasteiger partial charge in [-0.05, 0) is 24.6 Å². The van der Waals surface area contributed by atoms with E-state index in [-0.39, 0.29) is 23.3 Å². The third-order valence-electron chi connectivity index (χ3n) is 2.67. The Hall–Kier alpha value is -2.56. The summed E-state index contributed by atoms with van der Waals surface area (Å²) in [6.45, 7) is 2.00. The number of aromatic hydroxyl groups is 1. The number of hydrogen-bond acceptors (Lipinski definition) is 3. The van der Waals surface area contributed by atoms with Crippen molar-refractivity contribution in [3.05, 3.63) is 63.6 Å². The summed E-state index contributed by atoms with van der Waals surface area (Å²) in [5.74, 6) is -0.301. The maximum atomic E-state index is 11.8. The second-order valence-electron chi connectivity index (χ2n) is 4.25. The SMILES string of the molecule is Cc1cc(=O)c(C(=O)NCc2cccc(O)c2)c[nH]1. The molecule has 98 valence electrons. The zero-order valence-corrected chi connectivity index (χ0v) is 10.4. The Morgan fingerprint density at radius 3 is 2.84 bits per heavy atom. The highest BCUT2D eigenvalue weighted by atomic mass is 16.3. The molecule has 0 aliphatic carbocycles. The minimum absolute atomic E-state index is 0.0748. The smallest absolute Gasteiger partial charge is 0.257 e. The maximum Gasteiger partial charge on any atom is 0.257 e. The summed E-state index contributed by atoms with van der Waals surface area (Å²) < 4.78 is 0. The van der Waals surface area contributed by atoms with E-state index in [1.165, 1.54) is 12.3 Å². The first kappa shape index (κ1) is 12.9. The third kappa shape index (κ3) is 3.22. The lowest BCUT2D eigenvalue weighted by atomic mass is 10.2. The molecule has 19 heavy (non-hydrogen) atoms. The number of phenolic OH excluding ortho intramolecular Hbond substituents is 1. The number of H-pyrrole nitrogens is 1. The fraction of sp³-hybridized carbons (Fsp3) is 0.143. The van der Waals surface area contributed by atoms with E-state index in [9.17, 15) is 14.7 Å². The van der Waals surface area contributed by atoms with Gasteiger partial charge in [0.2, 0.25) is 0 Å². The van der Waals surface area contributed by atoms with Crippen molar-refractivity contribution in [2.45, 2.75) is 13.5 Å². The van der Waals surface area contributed by atoms with Gasteiger partial charge in [-0.1, -0.05) is 12.1 Å². The Labute approximate surface area is 109 Å². The largest absolute Gasteiger partial charge is 0.508 e. The van der Waals surface area contributed by atoms with Crippen LogP contribution in [0.3, 0.4) is 0 Å². The van der Waals surface area contributed by atoms with Gasteiger partial charge in [0.15, 0.2) is 5.43 Å². The van der Waals surface area contributed by atoms with Crippen LogP contribution in [0.5, 0.6) is 5.75 Å². The van der Waals surface area contributed by atoms with Gasteiger partial charge in [-0.25, -0.2) is 0 Å². The molecular formula is C14H14N2O3. The predicted molar refractivity (Wildman–Crippen MR) is 71.1 cm³/mol. The number of aryl methyl sites for hydroxylation is 1. The van der Waals surface area contributed by atoms with E-state index in [2.05, 4.69) is 10.3 Å². The zero-order chi connectivity index (χ0) is 13.8. The molecule has 5 heteroatoms. The molecule has 1 heterocycles. The molecule has 3 N–H and O–H groups in total. The molecule has 0 unspecified atom stereocenters. The van der Waals surface area contributed by atoms with E-state index >= 15 is 0 Å². The normalized spacial score (nSPS) is 10.2. The molecular weight excluding hydrogens is 244 g/mol. The second-order valence-corrected chi connectivity index (χ2v) is 4.25. The van der Waals surface area contributed by atoms with Crippen molar-refractivity contribution < 1.29 is 9.90 Å². The molecule has 2 rings (SSSR count). The summed E-state index contributed by atoms with van der Waals surface area (Å²) in [7, 11) is 0. The van der Waals surface area contributed by atoms with Gasteiger partial charge < -0.3 is 15.4 Å². The molecule has 1 aromatic carbocycles. The quantitative estimate of drug-likeness (QED) is 0.776.